The van der Waals surface area contributed by atoms with Gasteiger partial charge in [-0.25, -0.2) is 19.6 Å². The van der Waals surface area contributed by atoms with E-state index < -0.39 is 30.3 Å². The smallest absolute Gasteiger partial charge is 0.407 e. The minimum atomic E-state index is -0.771. The van der Waals surface area contributed by atoms with Gasteiger partial charge in [0.25, 0.3) is 5.56 Å². The van der Waals surface area contributed by atoms with E-state index in [-0.39, 0.29) is 40.7 Å². The summed E-state index contributed by atoms with van der Waals surface area (Å²) in [4.78, 5) is 85.4. The lowest BCUT2D eigenvalue weighted by atomic mass is 9.82. The van der Waals surface area contributed by atoms with Crippen molar-refractivity contribution in [2.45, 2.75) is 116 Å². The van der Waals surface area contributed by atoms with Crippen LogP contribution in [-0.2, 0) is 31.9 Å². The van der Waals surface area contributed by atoms with Crippen molar-refractivity contribution in [3.63, 3.8) is 0 Å². The molecule has 1 saturated carbocycles. The van der Waals surface area contributed by atoms with Crippen LogP contribution in [0.15, 0.2) is 65.6 Å². The number of aromatic amines is 2. The van der Waals surface area contributed by atoms with Gasteiger partial charge in [-0.2, -0.15) is 0 Å². The van der Waals surface area contributed by atoms with Crippen molar-refractivity contribution in [2.75, 3.05) is 27.3 Å². The molecule has 15 heteroatoms. The monoisotopic (exact) mass is 910 g/mol. The number of fused-ring (bicyclic) bond motifs is 2. The predicted molar refractivity (Wildman–Crippen MR) is 255 cm³/mol. The summed E-state index contributed by atoms with van der Waals surface area (Å²) < 4.78 is 9.59. The maximum absolute atomic E-state index is 13.9. The number of hydrogen-bond donors (Lipinski definition) is 4. The van der Waals surface area contributed by atoms with Crippen molar-refractivity contribution in [3.05, 3.63) is 93.9 Å². The Morgan fingerprint density at radius 1 is 0.687 bits per heavy atom. The highest BCUT2D eigenvalue weighted by atomic mass is 16.5. The first-order valence-corrected chi connectivity index (χ1v) is 23.9. The zero-order valence-corrected chi connectivity index (χ0v) is 39.4. The van der Waals surface area contributed by atoms with E-state index in [1.807, 2.05) is 50.9 Å². The van der Waals surface area contributed by atoms with Crippen LogP contribution in [0.25, 0.3) is 44.4 Å². The Hall–Kier alpha value is -6.51. The molecule has 2 saturated heterocycles. The Kier molecular flexibility index (Phi) is 12.7. The molecule has 4 atom stereocenters. The molecule has 4 aliphatic rings. The number of hydrogen-bond acceptors (Lipinski definition) is 9. The van der Waals surface area contributed by atoms with Gasteiger partial charge in [0.1, 0.15) is 23.7 Å². The molecule has 0 bridgehead atoms. The van der Waals surface area contributed by atoms with Crippen molar-refractivity contribution < 1.29 is 28.7 Å². The molecule has 4 N–H and O–H groups in total. The fourth-order valence-electron chi connectivity index (χ4n) is 11.3. The van der Waals surface area contributed by atoms with Gasteiger partial charge in [-0.3, -0.25) is 14.4 Å². The first-order chi connectivity index (χ1) is 32.3. The number of rotatable bonds is 11. The molecular weight excluding hydrogens is 849 g/mol. The highest BCUT2D eigenvalue weighted by molar-refractivity contribution is 5.89. The summed E-state index contributed by atoms with van der Waals surface area (Å²) in [6, 6.07) is 16.9. The van der Waals surface area contributed by atoms with Gasteiger partial charge >= 0.3 is 12.2 Å². The second-order valence-electron chi connectivity index (χ2n) is 19.7. The summed E-state index contributed by atoms with van der Waals surface area (Å²) in [6.45, 7) is 8.65. The van der Waals surface area contributed by atoms with Gasteiger partial charge in [0, 0.05) is 13.1 Å². The summed E-state index contributed by atoms with van der Waals surface area (Å²) in [6.07, 6.45) is 10.4. The number of ether oxygens (including phenoxy) is 2. The molecule has 5 aromatic rings. The van der Waals surface area contributed by atoms with Crippen LogP contribution >= 0.6 is 0 Å². The number of H-pyrrole nitrogens is 2. The molecule has 2 aliphatic carbocycles. The number of amides is 4. The molecule has 67 heavy (non-hydrogen) atoms. The Bertz CT molecular complexity index is 2750. The van der Waals surface area contributed by atoms with E-state index in [2.05, 4.69) is 63.1 Å². The topological polar surface area (TPSA) is 192 Å². The van der Waals surface area contributed by atoms with Gasteiger partial charge in [-0.05, 0) is 120 Å². The maximum Gasteiger partial charge on any atom is 0.407 e. The van der Waals surface area contributed by atoms with Gasteiger partial charge < -0.3 is 39.9 Å². The number of likely N-dealkylation sites (tertiary alicyclic amines) is 2. The summed E-state index contributed by atoms with van der Waals surface area (Å²) >= 11 is 0. The summed E-state index contributed by atoms with van der Waals surface area (Å²) in [5.74, 6) is 0.525. The van der Waals surface area contributed by atoms with Gasteiger partial charge in [-0.15, -0.1) is 0 Å². The third kappa shape index (κ3) is 8.80. The Morgan fingerprint density at radius 3 is 1.76 bits per heavy atom. The molecular formula is C52H62N8O7. The zero-order valence-electron chi connectivity index (χ0n) is 39.4. The van der Waals surface area contributed by atoms with Crippen molar-refractivity contribution in [3.8, 4) is 33.5 Å². The molecule has 15 nitrogen and oxygen atoms in total. The van der Waals surface area contributed by atoms with Crippen LogP contribution in [-0.4, -0.2) is 93.1 Å². The van der Waals surface area contributed by atoms with E-state index in [0.29, 0.717) is 36.2 Å². The maximum atomic E-state index is 13.9. The van der Waals surface area contributed by atoms with E-state index in [9.17, 15) is 24.0 Å². The van der Waals surface area contributed by atoms with Crippen LogP contribution < -0.4 is 16.2 Å². The highest BCUT2D eigenvalue weighted by Gasteiger charge is 2.42. The Labute approximate surface area is 390 Å². The van der Waals surface area contributed by atoms with Crippen LogP contribution in [0, 0.1) is 17.3 Å². The number of nitrogens with zero attached hydrogens (tertiary/aromatic N) is 4. The molecule has 9 rings (SSSR count). The first kappa shape index (κ1) is 45.6. The third-order valence-electron chi connectivity index (χ3n) is 14.8. The molecule has 352 valence electrons. The molecule has 2 aliphatic heterocycles. The molecule has 0 radical (unpaired) electrons. The predicted octanol–water partition coefficient (Wildman–Crippen LogP) is 8.39. The van der Waals surface area contributed by atoms with Crippen molar-refractivity contribution in [1.82, 2.24) is 40.4 Å². The number of nitrogens with one attached hydrogen (secondary N) is 4. The molecule has 2 aromatic heterocycles. The lowest BCUT2D eigenvalue weighted by molar-refractivity contribution is -0.136. The van der Waals surface area contributed by atoms with E-state index in [0.717, 1.165) is 65.9 Å². The molecule has 0 unspecified atom stereocenters. The van der Waals surface area contributed by atoms with Crippen molar-refractivity contribution in [1.29, 1.82) is 0 Å². The average molecular weight is 911 g/mol. The molecule has 4 amide bonds. The quantitative estimate of drug-likeness (QED) is 0.101. The minimum absolute atomic E-state index is 0.115. The number of methoxy groups -OCH3 is 2. The normalized spacial score (nSPS) is 19.6. The lowest BCUT2D eigenvalue weighted by Gasteiger charge is -2.30. The van der Waals surface area contributed by atoms with Crippen molar-refractivity contribution >= 4 is 34.9 Å². The number of alkyl carbamates (subject to hydrolysis) is 2. The van der Waals surface area contributed by atoms with Crippen LogP contribution in [0.5, 0.6) is 0 Å². The second kappa shape index (κ2) is 18.6. The zero-order chi connectivity index (χ0) is 47.1. The average Bonchev–Trinajstić information content (AvgIpc) is 4.20. The SMILES string of the molecule is COC(=O)N[C@H](C(=O)N1CCC[C@H]1c1nc2ccc(-c3ccc(-c4ccc(-c5cnc([C@@H]6CCCN6C(=O)[C@H](NC(=O)OC)C(C)C)[nH]5)cc4)c4c3CC3(CCCC3)C4)cc2c(=O)[nH]1)C(C)C. The number of benzene rings is 3. The summed E-state index contributed by atoms with van der Waals surface area (Å²) in [5, 5.41) is 5.90. The molecule has 4 heterocycles. The van der Waals surface area contributed by atoms with Crippen LogP contribution in [0.2, 0.25) is 0 Å². The fraction of sp³-hybridized carbons (Fsp3) is 0.481. The molecule has 3 fully saturated rings. The Morgan fingerprint density at radius 2 is 1.21 bits per heavy atom. The Balaban J connectivity index is 0.972. The summed E-state index contributed by atoms with van der Waals surface area (Å²) in [7, 11) is 2.57. The number of carbonyl (C=O) groups excluding carboxylic acids is 4. The van der Waals surface area contributed by atoms with E-state index >= 15 is 0 Å². The standard InChI is InChI=1S/C52H62N8O7/c1-29(2)43(56-50(64)66-5)48(62)59-23-9-11-41(59)45-53-28-40(55-45)32-15-13-31(14-16-32)34-18-19-35(38-27-52(26-37(34)38)21-7-8-22-52)33-17-20-39-36(25-33)47(61)58-46(54-39)42-12-10-24-60(42)49(63)44(30(3)4)57-51(65)67-6/h13-20,25,28-30,41-44H,7-12,21-24,26-27H2,1-6H3,(H,53,55)(H,56,64)(H,57,65)(H,54,58,61)/t41-,42-,43+,44-/m0/s1. The fourth-order valence-corrected chi connectivity index (χ4v) is 11.3. The number of aromatic nitrogens is 4. The second-order valence-corrected chi connectivity index (χ2v) is 19.7. The van der Waals surface area contributed by atoms with E-state index in [1.165, 1.54) is 56.6 Å². The van der Waals surface area contributed by atoms with Crippen LogP contribution in [0.1, 0.15) is 114 Å². The largest absolute Gasteiger partial charge is 0.453 e. The van der Waals surface area contributed by atoms with Crippen LogP contribution in [0.3, 0.4) is 0 Å². The van der Waals surface area contributed by atoms with Gasteiger partial charge in [-0.1, -0.05) is 83.0 Å². The van der Waals surface area contributed by atoms with Crippen molar-refractivity contribution in [2.24, 2.45) is 17.3 Å². The van der Waals surface area contributed by atoms with Gasteiger partial charge in [0.05, 0.1) is 49.1 Å². The molecule has 1 spiro atoms. The van der Waals surface area contributed by atoms with Crippen LogP contribution in [0.4, 0.5) is 9.59 Å². The van der Waals surface area contributed by atoms with Gasteiger partial charge in [0.2, 0.25) is 11.8 Å². The molecule has 3 aromatic carbocycles. The number of imidazole rings is 1. The van der Waals surface area contributed by atoms with Gasteiger partial charge in [0.15, 0.2) is 0 Å². The number of carbonyl (C=O) groups is 4. The van der Waals surface area contributed by atoms with E-state index in [4.69, 9.17) is 19.4 Å². The van der Waals surface area contributed by atoms with E-state index in [1.54, 1.807) is 4.90 Å². The lowest BCUT2D eigenvalue weighted by Crippen LogP contribution is -2.51. The highest BCUT2D eigenvalue weighted by Crippen LogP contribution is 2.53. The minimum Gasteiger partial charge on any atom is -0.453 e. The first-order valence-electron chi connectivity index (χ1n) is 23.9. The third-order valence-corrected chi connectivity index (χ3v) is 14.8. The summed E-state index contributed by atoms with van der Waals surface area (Å²) in [5.41, 5.74) is 9.61.